The average Bonchev–Trinajstić information content (AvgIpc) is 2.72. The summed E-state index contributed by atoms with van der Waals surface area (Å²) in [6.45, 7) is 7.01. The molecule has 162 valence electrons. The van der Waals surface area contributed by atoms with Crippen molar-refractivity contribution >= 4 is 12.1 Å². The number of rotatable bonds is 9. The maximum absolute atomic E-state index is 12.5. The van der Waals surface area contributed by atoms with Gasteiger partial charge in [-0.25, -0.2) is 4.79 Å². The fourth-order valence-electron chi connectivity index (χ4n) is 2.66. The van der Waals surface area contributed by atoms with Crippen molar-refractivity contribution in [2.75, 3.05) is 39.5 Å². The molecule has 0 aromatic heterocycles. The molecule has 0 saturated carbocycles. The van der Waals surface area contributed by atoms with Crippen LogP contribution in [0, 0.1) is 5.92 Å². The molecule has 1 heterocycles. The number of carbonyl (C=O) groups excluding carboxylic acids is 2. The molecule has 1 amide bonds. The van der Waals surface area contributed by atoms with Crippen LogP contribution in [-0.2, 0) is 19.0 Å². The summed E-state index contributed by atoms with van der Waals surface area (Å²) >= 11 is 0. The second kappa shape index (κ2) is 11.5. The number of benzene rings is 1. The van der Waals surface area contributed by atoms with Gasteiger partial charge < -0.3 is 34.3 Å². The van der Waals surface area contributed by atoms with Gasteiger partial charge >= 0.3 is 12.1 Å². The molecule has 1 aliphatic rings. The fourth-order valence-corrected chi connectivity index (χ4v) is 2.66. The predicted molar refractivity (Wildman–Crippen MR) is 105 cm³/mol. The van der Waals surface area contributed by atoms with Gasteiger partial charge in [0.1, 0.15) is 12.7 Å². The van der Waals surface area contributed by atoms with Gasteiger partial charge in [0.2, 0.25) is 0 Å². The number of ether oxygens (including phenoxy) is 5. The quantitative estimate of drug-likeness (QED) is 0.485. The van der Waals surface area contributed by atoms with Crippen LogP contribution in [0.3, 0.4) is 0 Å². The zero-order valence-electron chi connectivity index (χ0n) is 17.2. The summed E-state index contributed by atoms with van der Waals surface area (Å²) in [6, 6.07) is 7.38. The molecule has 0 bridgehead atoms. The van der Waals surface area contributed by atoms with E-state index in [-0.39, 0.29) is 25.2 Å². The summed E-state index contributed by atoms with van der Waals surface area (Å²) in [5.41, 5.74) is 5.26. The van der Waals surface area contributed by atoms with Crippen molar-refractivity contribution in [1.29, 1.82) is 0 Å². The Morgan fingerprint density at radius 3 is 2.52 bits per heavy atom. The molecule has 1 aromatic carbocycles. The third-order valence-corrected chi connectivity index (χ3v) is 4.15. The molecule has 2 rings (SSSR count). The van der Waals surface area contributed by atoms with Gasteiger partial charge in [0.25, 0.3) is 6.29 Å². The van der Waals surface area contributed by atoms with E-state index in [2.05, 4.69) is 0 Å². The van der Waals surface area contributed by atoms with Crippen molar-refractivity contribution in [3.8, 4) is 11.5 Å². The third-order valence-electron chi connectivity index (χ3n) is 4.15. The highest BCUT2D eigenvalue weighted by Crippen LogP contribution is 2.26. The van der Waals surface area contributed by atoms with Crippen molar-refractivity contribution in [3.05, 3.63) is 24.3 Å². The van der Waals surface area contributed by atoms with Crippen LogP contribution in [0.4, 0.5) is 4.79 Å². The smallest absolute Gasteiger partial charge is 0.413 e. The Morgan fingerprint density at radius 2 is 1.90 bits per heavy atom. The van der Waals surface area contributed by atoms with Gasteiger partial charge in [0.05, 0.1) is 26.3 Å². The van der Waals surface area contributed by atoms with Crippen LogP contribution in [0.25, 0.3) is 0 Å². The lowest BCUT2D eigenvalue weighted by Gasteiger charge is -2.33. The van der Waals surface area contributed by atoms with Crippen LogP contribution in [0.5, 0.6) is 11.5 Å². The minimum absolute atomic E-state index is 0.204. The van der Waals surface area contributed by atoms with E-state index in [1.54, 1.807) is 13.8 Å². The Labute approximate surface area is 171 Å². The van der Waals surface area contributed by atoms with Gasteiger partial charge in [-0.3, -0.25) is 4.79 Å². The van der Waals surface area contributed by atoms with Crippen molar-refractivity contribution in [1.82, 2.24) is 4.90 Å². The lowest BCUT2D eigenvalue weighted by molar-refractivity contribution is -0.176. The molecule has 1 fully saturated rings. The molecule has 0 radical (unpaired) electrons. The molecule has 1 saturated heterocycles. The van der Waals surface area contributed by atoms with Gasteiger partial charge in [-0.2, -0.15) is 0 Å². The van der Waals surface area contributed by atoms with Crippen molar-refractivity contribution in [2.45, 2.75) is 33.2 Å². The maximum atomic E-state index is 12.5. The van der Waals surface area contributed by atoms with E-state index < -0.39 is 18.4 Å². The Balaban J connectivity index is 1.89. The minimum atomic E-state index is -0.992. The Kier molecular flexibility index (Phi) is 9.01. The third kappa shape index (κ3) is 7.10. The van der Waals surface area contributed by atoms with Gasteiger partial charge in [0.15, 0.2) is 11.5 Å². The van der Waals surface area contributed by atoms with Crippen molar-refractivity contribution < 1.29 is 33.3 Å². The number of nitrogens with zero attached hydrogens (tertiary/aromatic N) is 1. The van der Waals surface area contributed by atoms with Crippen LogP contribution in [0.2, 0.25) is 0 Å². The number of para-hydroxylation sites is 2. The zero-order chi connectivity index (χ0) is 21.2. The molecule has 9 heteroatoms. The molecule has 2 N–H and O–H groups in total. The van der Waals surface area contributed by atoms with Gasteiger partial charge in [0, 0.05) is 12.5 Å². The van der Waals surface area contributed by atoms with E-state index in [1.165, 1.54) is 4.90 Å². The van der Waals surface area contributed by atoms with Gasteiger partial charge in [-0.05, 0) is 19.1 Å². The van der Waals surface area contributed by atoms with E-state index in [0.717, 1.165) is 0 Å². The van der Waals surface area contributed by atoms with E-state index in [9.17, 15) is 9.59 Å². The normalized spacial score (nSPS) is 17.6. The predicted octanol–water partition coefficient (Wildman–Crippen LogP) is 1.79. The lowest BCUT2D eigenvalue weighted by atomic mass is 10.2. The number of carbonyl (C=O) groups is 2. The highest BCUT2D eigenvalue weighted by molar-refractivity contribution is 5.72. The van der Waals surface area contributed by atoms with Crippen LogP contribution < -0.4 is 15.2 Å². The maximum Gasteiger partial charge on any atom is 0.413 e. The largest absolute Gasteiger partial charge is 0.490 e. The van der Waals surface area contributed by atoms with Gasteiger partial charge in [-0.15, -0.1) is 0 Å². The topological polar surface area (TPSA) is 110 Å². The number of amides is 1. The number of hydrogen-bond acceptors (Lipinski definition) is 8. The van der Waals surface area contributed by atoms with E-state index in [1.807, 2.05) is 31.2 Å². The number of esters is 1. The van der Waals surface area contributed by atoms with E-state index >= 15 is 0 Å². The summed E-state index contributed by atoms with van der Waals surface area (Å²) in [7, 11) is 0. The molecule has 1 aliphatic heterocycles. The van der Waals surface area contributed by atoms with Crippen molar-refractivity contribution in [3.63, 3.8) is 0 Å². The van der Waals surface area contributed by atoms with E-state index in [4.69, 9.17) is 29.4 Å². The molecule has 9 nitrogen and oxygen atoms in total. The molecule has 0 spiro atoms. The van der Waals surface area contributed by atoms with E-state index in [0.29, 0.717) is 37.8 Å². The standard InChI is InChI=1S/C20H30N2O7/c1-4-25-16-7-5-6-8-17(16)27-13-15-12-22(9-10-26-15)20(24)29-19(14(2)3)28-18(23)11-21/h5-8,14-15,19H,4,9-13,21H2,1-3H3. The van der Waals surface area contributed by atoms with Crippen molar-refractivity contribution in [2.24, 2.45) is 11.7 Å². The molecular weight excluding hydrogens is 380 g/mol. The highest BCUT2D eigenvalue weighted by Gasteiger charge is 2.30. The first kappa shape index (κ1) is 22.8. The summed E-state index contributed by atoms with van der Waals surface area (Å²) < 4.78 is 27.5. The molecule has 2 atom stereocenters. The molecule has 0 aliphatic carbocycles. The van der Waals surface area contributed by atoms with Gasteiger partial charge in [-0.1, -0.05) is 26.0 Å². The fraction of sp³-hybridized carbons (Fsp3) is 0.600. The molecule has 2 unspecified atom stereocenters. The summed E-state index contributed by atoms with van der Waals surface area (Å²) in [4.78, 5) is 25.4. The second-order valence-electron chi connectivity index (χ2n) is 6.82. The van der Waals surface area contributed by atoms with Crippen LogP contribution in [-0.4, -0.2) is 68.8 Å². The summed E-state index contributed by atoms with van der Waals surface area (Å²) in [6.07, 6.45) is -1.89. The number of nitrogens with two attached hydrogens (primary N) is 1. The number of morpholine rings is 1. The second-order valence-corrected chi connectivity index (χ2v) is 6.82. The minimum Gasteiger partial charge on any atom is -0.490 e. The summed E-state index contributed by atoms with van der Waals surface area (Å²) in [5, 5.41) is 0. The molecule has 29 heavy (non-hydrogen) atoms. The van der Waals surface area contributed by atoms with Crippen LogP contribution in [0.15, 0.2) is 24.3 Å². The van der Waals surface area contributed by atoms with Crippen LogP contribution >= 0.6 is 0 Å². The van der Waals surface area contributed by atoms with Crippen LogP contribution in [0.1, 0.15) is 20.8 Å². The first-order valence-corrected chi connectivity index (χ1v) is 9.75. The highest BCUT2D eigenvalue weighted by atomic mass is 16.7. The average molecular weight is 410 g/mol. The monoisotopic (exact) mass is 410 g/mol. The lowest BCUT2D eigenvalue weighted by Crippen LogP contribution is -2.49. The SMILES string of the molecule is CCOc1ccccc1OCC1CN(C(=O)OC(OC(=O)CN)C(C)C)CCO1. The number of hydrogen-bond donors (Lipinski definition) is 1. The summed E-state index contributed by atoms with van der Waals surface area (Å²) in [5.74, 6) is 0.442. The first-order valence-electron chi connectivity index (χ1n) is 9.75. The Morgan fingerprint density at radius 1 is 1.21 bits per heavy atom. The Hall–Kier alpha value is -2.52. The first-order chi connectivity index (χ1) is 13.9. The Bertz CT molecular complexity index is 668. The molecular formula is C20H30N2O7. The zero-order valence-corrected chi connectivity index (χ0v) is 17.2. The molecule has 1 aromatic rings.